The third kappa shape index (κ3) is 3.35. The van der Waals surface area contributed by atoms with Crippen molar-refractivity contribution in [1.29, 1.82) is 5.26 Å². The molecule has 7 heteroatoms. The molecule has 1 aromatic carbocycles. The molecule has 25 heavy (non-hydrogen) atoms. The lowest BCUT2D eigenvalue weighted by atomic mass is 10.0. The van der Waals surface area contributed by atoms with Gasteiger partial charge in [-0.3, -0.25) is 4.68 Å². The number of nitriles is 1. The first-order valence-electron chi connectivity index (χ1n) is 8.17. The largest absolute Gasteiger partial charge is 0.377 e. The Morgan fingerprint density at radius 3 is 2.92 bits per heavy atom. The minimum absolute atomic E-state index is 0.179. The molecule has 2 heterocycles. The summed E-state index contributed by atoms with van der Waals surface area (Å²) in [6, 6.07) is 8.58. The second-order valence-corrected chi connectivity index (χ2v) is 6.11. The molecule has 1 atom stereocenters. The van der Waals surface area contributed by atoms with Gasteiger partial charge in [0.25, 0.3) is 0 Å². The Balaban J connectivity index is 1.85. The van der Waals surface area contributed by atoms with Gasteiger partial charge in [-0.1, -0.05) is 6.07 Å². The number of urea groups is 1. The van der Waals surface area contributed by atoms with Crippen LogP contribution in [0.25, 0.3) is 0 Å². The molecule has 0 radical (unpaired) electrons. The van der Waals surface area contributed by atoms with Crippen molar-refractivity contribution in [2.75, 3.05) is 25.1 Å². The van der Waals surface area contributed by atoms with Crippen molar-refractivity contribution in [3.8, 4) is 6.07 Å². The number of hydrogen-bond acceptors (Lipinski definition) is 4. The number of hydrogen-bond donors (Lipinski definition) is 1. The van der Waals surface area contributed by atoms with Gasteiger partial charge in [0.2, 0.25) is 0 Å². The molecule has 0 spiro atoms. The zero-order valence-corrected chi connectivity index (χ0v) is 14.6. The first-order chi connectivity index (χ1) is 12.0. The number of ether oxygens (including phenoxy) is 1. The molecular weight excluding hydrogens is 318 g/mol. The smallest absolute Gasteiger partial charge is 0.322 e. The minimum Gasteiger partial charge on any atom is -0.377 e. The van der Waals surface area contributed by atoms with E-state index in [9.17, 15) is 4.79 Å². The molecule has 1 aliphatic rings. The third-order valence-corrected chi connectivity index (χ3v) is 4.53. The van der Waals surface area contributed by atoms with Gasteiger partial charge in [0, 0.05) is 30.5 Å². The maximum absolute atomic E-state index is 12.8. The van der Waals surface area contributed by atoms with Crippen LogP contribution in [0.3, 0.4) is 0 Å². The number of rotatable bonds is 2. The Hall–Kier alpha value is -2.85. The van der Waals surface area contributed by atoms with Crippen LogP contribution in [0.1, 0.15) is 28.6 Å². The van der Waals surface area contributed by atoms with Crippen molar-refractivity contribution in [3.63, 3.8) is 0 Å². The van der Waals surface area contributed by atoms with Gasteiger partial charge in [-0.25, -0.2) is 4.79 Å². The first kappa shape index (κ1) is 17.0. The average molecular weight is 339 g/mol. The summed E-state index contributed by atoms with van der Waals surface area (Å²) < 4.78 is 7.45. The quantitative estimate of drug-likeness (QED) is 0.911. The van der Waals surface area contributed by atoms with Crippen LogP contribution in [0.4, 0.5) is 10.5 Å². The lowest BCUT2D eigenvalue weighted by Gasteiger charge is -2.36. The number of nitrogens with one attached hydrogen (secondary N) is 1. The zero-order valence-electron chi connectivity index (χ0n) is 14.6. The van der Waals surface area contributed by atoms with Crippen LogP contribution in [-0.2, 0) is 11.8 Å². The van der Waals surface area contributed by atoms with Crippen LogP contribution < -0.4 is 5.32 Å². The Morgan fingerprint density at radius 1 is 1.44 bits per heavy atom. The second-order valence-electron chi connectivity index (χ2n) is 6.11. The highest BCUT2D eigenvalue weighted by Crippen LogP contribution is 2.29. The average Bonchev–Trinajstić information content (AvgIpc) is 2.87. The van der Waals surface area contributed by atoms with Crippen LogP contribution >= 0.6 is 0 Å². The predicted octanol–water partition coefficient (Wildman–Crippen LogP) is 2.51. The highest BCUT2D eigenvalue weighted by atomic mass is 16.5. The summed E-state index contributed by atoms with van der Waals surface area (Å²) in [5, 5.41) is 16.3. The third-order valence-electron chi connectivity index (χ3n) is 4.53. The van der Waals surface area contributed by atoms with Gasteiger partial charge >= 0.3 is 6.03 Å². The van der Waals surface area contributed by atoms with Crippen LogP contribution in [0.15, 0.2) is 24.3 Å². The summed E-state index contributed by atoms with van der Waals surface area (Å²) in [6.07, 6.45) is 0. The van der Waals surface area contributed by atoms with Gasteiger partial charge < -0.3 is 15.0 Å². The van der Waals surface area contributed by atoms with Crippen molar-refractivity contribution in [3.05, 3.63) is 46.8 Å². The number of carbonyl (C=O) groups excluding carboxylic acids is 1. The molecular formula is C18H21N5O2. The van der Waals surface area contributed by atoms with Crippen molar-refractivity contribution >= 4 is 11.7 Å². The van der Waals surface area contributed by atoms with Crippen LogP contribution in [-0.4, -0.2) is 40.5 Å². The number of carbonyl (C=O) groups is 1. The number of morpholine rings is 1. The van der Waals surface area contributed by atoms with Gasteiger partial charge in [0.15, 0.2) is 0 Å². The summed E-state index contributed by atoms with van der Waals surface area (Å²) in [5.41, 5.74) is 4.07. The molecule has 2 aromatic rings. The SMILES string of the molecule is Cc1nn(C)c(C)c1[C@@H]1COCCN1C(=O)Nc1cccc(C#N)c1. The van der Waals surface area contributed by atoms with E-state index < -0.39 is 0 Å². The van der Waals surface area contributed by atoms with E-state index in [1.807, 2.05) is 25.6 Å². The van der Waals surface area contributed by atoms with Gasteiger partial charge in [-0.15, -0.1) is 0 Å². The maximum atomic E-state index is 12.8. The van der Waals surface area contributed by atoms with Crippen molar-refractivity contribution < 1.29 is 9.53 Å². The van der Waals surface area contributed by atoms with Gasteiger partial charge in [-0.2, -0.15) is 10.4 Å². The number of anilines is 1. The minimum atomic E-state index is -0.203. The van der Waals surface area contributed by atoms with E-state index >= 15 is 0 Å². The predicted molar refractivity (Wildman–Crippen MR) is 93.1 cm³/mol. The lowest BCUT2D eigenvalue weighted by Crippen LogP contribution is -2.45. The van der Waals surface area contributed by atoms with Crippen LogP contribution in [0.2, 0.25) is 0 Å². The van der Waals surface area contributed by atoms with Gasteiger partial charge in [0.1, 0.15) is 0 Å². The van der Waals surface area contributed by atoms with Crippen LogP contribution in [0, 0.1) is 25.2 Å². The van der Waals surface area contributed by atoms with Crippen molar-refractivity contribution in [1.82, 2.24) is 14.7 Å². The Labute approximate surface area is 146 Å². The molecule has 1 N–H and O–H groups in total. The topological polar surface area (TPSA) is 83.2 Å². The second kappa shape index (κ2) is 6.95. The van der Waals surface area contributed by atoms with Crippen molar-refractivity contribution in [2.45, 2.75) is 19.9 Å². The lowest BCUT2D eigenvalue weighted by molar-refractivity contribution is 0.0143. The Bertz CT molecular complexity index is 836. The number of aryl methyl sites for hydroxylation is 2. The van der Waals surface area contributed by atoms with E-state index in [4.69, 9.17) is 10.00 Å². The first-order valence-corrected chi connectivity index (χ1v) is 8.17. The zero-order chi connectivity index (χ0) is 18.0. The number of amides is 2. The molecule has 1 saturated heterocycles. The van der Waals surface area contributed by atoms with Crippen LogP contribution in [0.5, 0.6) is 0 Å². The molecule has 1 aliphatic heterocycles. The fraction of sp³-hybridized carbons (Fsp3) is 0.389. The molecule has 0 unspecified atom stereocenters. The van der Waals surface area contributed by atoms with Crippen molar-refractivity contribution in [2.24, 2.45) is 7.05 Å². The Morgan fingerprint density at radius 2 is 2.24 bits per heavy atom. The molecule has 0 aliphatic carbocycles. The van der Waals surface area contributed by atoms with Gasteiger partial charge in [0.05, 0.1) is 36.6 Å². The van der Waals surface area contributed by atoms with Gasteiger partial charge in [-0.05, 0) is 32.0 Å². The molecule has 1 fully saturated rings. The summed E-state index contributed by atoms with van der Waals surface area (Å²) in [4.78, 5) is 14.6. The Kier molecular flexibility index (Phi) is 4.72. The molecule has 3 rings (SSSR count). The number of aromatic nitrogens is 2. The normalized spacial score (nSPS) is 17.2. The van der Waals surface area contributed by atoms with E-state index in [2.05, 4.69) is 16.5 Å². The summed E-state index contributed by atoms with van der Waals surface area (Å²) in [6.45, 7) is 5.39. The highest BCUT2D eigenvalue weighted by Gasteiger charge is 2.32. The molecule has 0 bridgehead atoms. The number of benzene rings is 1. The fourth-order valence-corrected chi connectivity index (χ4v) is 3.22. The highest BCUT2D eigenvalue weighted by molar-refractivity contribution is 5.90. The summed E-state index contributed by atoms with van der Waals surface area (Å²) >= 11 is 0. The number of nitrogens with zero attached hydrogens (tertiary/aromatic N) is 4. The molecule has 130 valence electrons. The van der Waals surface area contributed by atoms with E-state index in [0.29, 0.717) is 31.0 Å². The van der Waals surface area contributed by atoms with E-state index in [1.165, 1.54) is 0 Å². The molecule has 1 aromatic heterocycles. The maximum Gasteiger partial charge on any atom is 0.322 e. The fourth-order valence-electron chi connectivity index (χ4n) is 3.22. The standard InChI is InChI=1S/C18H21N5O2/c1-12-17(13(2)22(3)21-12)16-11-25-8-7-23(16)18(24)20-15-6-4-5-14(9-15)10-19/h4-6,9,16H,7-8,11H2,1-3H3,(H,20,24)/t16-/m0/s1. The molecule has 0 saturated carbocycles. The molecule has 7 nitrogen and oxygen atoms in total. The summed E-state index contributed by atoms with van der Waals surface area (Å²) in [7, 11) is 1.90. The van der Waals surface area contributed by atoms with E-state index in [-0.39, 0.29) is 12.1 Å². The van der Waals surface area contributed by atoms with E-state index in [1.54, 1.807) is 29.2 Å². The monoisotopic (exact) mass is 339 g/mol. The molecule has 2 amide bonds. The summed E-state index contributed by atoms with van der Waals surface area (Å²) in [5.74, 6) is 0. The van der Waals surface area contributed by atoms with E-state index in [0.717, 1.165) is 17.0 Å².